The Bertz CT molecular complexity index is 5400. The quantitative estimate of drug-likeness (QED) is 0.0152. The van der Waals surface area contributed by atoms with Crippen molar-refractivity contribution in [2.45, 2.75) is 305 Å². The van der Waals surface area contributed by atoms with Gasteiger partial charge in [-0.3, -0.25) is 72.1 Å². The van der Waals surface area contributed by atoms with Crippen LogP contribution in [0, 0.1) is 102 Å². The number of nitrogens with one attached hydrogen (secondary N) is 6. The lowest BCUT2D eigenvalue weighted by molar-refractivity contribution is -0.132. The first-order valence-corrected chi connectivity index (χ1v) is 50.2. The summed E-state index contributed by atoms with van der Waals surface area (Å²) >= 11 is 0. The Kier molecular flexibility index (Phi) is 47.4. The first-order valence-electron chi connectivity index (χ1n) is 50.2. The highest BCUT2D eigenvalue weighted by Gasteiger charge is 2.38. The van der Waals surface area contributed by atoms with Crippen molar-refractivity contribution in [3.63, 3.8) is 0 Å². The van der Waals surface area contributed by atoms with Gasteiger partial charge in [-0.05, 0) is 205 Å². The summed E-state index contributed by atoms with van der Waals surface area (Å²) in [4.78, 5) is 234. The molecule has 142 heavy (non-hydrogen) atoms. The average Bonchev–Trinajstić information content (AvgIpc) is 0.835. The Morgan fingerprint density at radius 3 is 1.13 bits per heavy atom. The van der Waals surface area contributed by atoms with Crippen LogP contribution in [0.4, 0.5) is 8.78 Å². The van der Waals surface area contributed by atoms with Crippen LogP contribution in [0.2, 0.25) is 0 Å². The number of amides is 6. The second-order valence-electron chi connectivity index (χ2n) is 40.4. The zero-order valence-electron chi connectivity index (χ0n) is 83.7. The molecule has 4 aromatic carbocycles. The summed E-state index contributed by atoms with van der Waals surface area (Å²) in [6.07, 6.45) is 21.7. The van der Waals surface area contributed by atoms with Gasteiger partial charge < -0.3 is 60.1 Å². The van der Waals surface area contributed by atoms with Gasteiger partial charge in [0.1, 0.15) is 88.6 Å². The number of benzene rings is 4. The number of fused-ring (bicyclic) bond motifs is 1. The molecule has 4 saturated carbocycles. The minimum Gasteiger partial charge on any atom is -0.361 e. The van der Waals surface area contributed by atoms with Crippen LogP contribution in [0.1, 0.15) is 295 Å². The summed E-state index contributed by atoms with van der Waals surface area (Å²) in [6, 6.07) is 23.4. The third-order valence-electron chi connectivity index (χ3n) is 26.5. The molecule has 11 rings (SSSR count). The first-order chi connectivity index (χ1) is 67.8. The summed E-state index contributed by atoms with van der Waals surface area (Å²) in [5, 5.41) is 26.1. The van der Waals surface area contributed by atoms with E-state index in [4.69, 9.17) is 9.05 Å². The van der Waals surface area contributed by atoms with Crippen molar-refractivity contribution >= 4 is 118 Å². The molecule has 3 aromatic heterocycles. The van der Waals surface area contributed by atoms with Gasteiger partial charge >= 0.3 is 0 Å². The van der Waals surface area contributed by atoms with E-state index in [0.29, 0.717) is 126 Å². The predicted octanol–water partition coefficient (Wildman–Crippen LogP) is 15.5. The van der Waals surface area contributed by atoms with Crippen molar-refractivity contribution in [3.05, 3.63) is 179 Å². The fourth-order valence-corrected chi connectivity index (χ4v) is 19.0. The van der Waals surface area contributed by atoms with E-state index < -0.39 is 89.4 Å². The minimum atomic E-state index is -1.01. The molecule has 7 aromatic rings. The molecular formula is C110H142F2N10O20. The highest BCUT2D eigenvalue weighted by Crippen LogP contribution is 2.33. The molecule has 15 atom stereocenters. The van der Waals surface area contributed by atoms with Crippen LogP contribution in [0.3, 0.4) is 0 Å². The molecule has 0 radical (unpaired) electrons. The Hall–Kier alpha value is -12.6. The van der Waals surface area contributed by atoms with Gasteiger partial charge in [0.05, 0.1) is 42.4 Å². The zero-order chi connectivity index (χ0) is 104. The molecule has 0 spiro atoms. The molecule has 32 heteroatoms. The number of hydrogen-bond acceptors (Lipinski definition) is 24. The van der Waals surface area contributed by atoms with Crippen molar-refractivity contribution in [2.24, 2.45) is 76.9 Å². The van der Waals surface area contributed by atoms with Crippen LogP contribution < -0.4 is 31.9 Å². The summed E-state index contributed by atoms with van der Waals surface area (Å²) < 4.78 is 36.5. The second-order valence-corrected chi connectivity index (χ2v) is 40.4. The number of hydrogen-bond donors (Lipinski definition) is 6. The van der Waals surface area contributed by atoms with E-state index in [1.165, 1.54) is 61.1 Å². The van der Waals surface area contributed by atoms with Crippen LogP contribution >= 0.6 is 0 Å². The number of ketones is 8. The van der Waals surface area contributed by atoms with E-state index >= 15 is 0 Å². The zero-order valence-corrected chi connectivity index (χ0v) is 83.7. The van der Waals surface area contributed by atoms with Crippen LogP contribution in [-0.4, -0.2) is 163 Å². The van der Waals surface area contributed by atoms with Crippen LogP contribution in [0.15, 0.2) is 131 Å². The molecule has 6 amide bonds. The van der Waals surface area contributed by atoms with Gasteiger partial charge in [0.15, 0.2) is 23.0 Å². The molecule has 4 aliphatic rings. The number of Topliss-reactive ketones (excluding diaryl/α,β-unsaturated/α-hetero) is 8. The van der Waals surface area contributed by atoms with E-state index in [0.717, 1.165) is 79.7 Å². The summed E-state index contributed by atoms with van der Waals surface area (Å²) in [7, 11) is 0. The molecular weight excluding hydrogens is 1820 g/mol. The maximum absolute atomic E-state index is 13.9. The molecule has 3 heterocycles. The Morgan fingerprint density at radius 1 is 0.394 bits per heavy atom. The SMILES string of the molecule is CC(C)C[C@H](CC(=O)[C@@H](C)Cc1ccc(F)cc1)C(=O)N[C@H](C=O)C[C@@H]1CCCC1=O.CC(C)C[C@H](CC(=O)[C@H](Cc1ccc(F)cc1)NC(=O)c1cnccn1)C(=O)N[C@H](C=O)C[C@@H]1CCCCC1=O.Cc1cc(C(=O)C[C@@H](CC(C)C)C(=O)N[C@H](C=O)C[C@@H]2CCCCC2=O)no1.Cc1cc(C(=O)N[C@@H](Cc2cccc3ccccc23)C(=O)C[C@@H](CC(C)C)C(=O)NC(C=O)C[C@@H]2CCCCC2=O)no1. The highest BCUT2D eigenvalue weighted by molar-refractivity contribution is 6.01. The van der Waals surface area contributed by atoms with Crippen molar-refractivity contribution in [3.8, 4) is 0 Å². The van der Waals surface area contributed by atoms with Gasteiger partial charge in [0.2, 0.25) is 23.6 Å². The van der Waals surface area contributed by atoms with Gasteiger partial charge in [-0.2, -0.15) is 0 Å². The molecule has 0 saturated heterocycles. The highest BCUT2D eigenvalue weighted by atomic mass is 19.1. The van der Waals surface area contributed by atoms with E-state index in [1.807, 2.05) is 105 Å². The normalized spacial score (nSPS) is 18.1. The van der Waals surface area contributed by atoms with E-state index in [9.17, 15) is 95.1 Å². The van der Waals surface area contributed by atoms with Gasteiger partial charge in [-0.25, -0.2) is 13.8 Å². The van der Waals surface area contributed by atoms with E-state index in [1.54, 1.807) is 32.0 Å². The number of aryl methyl sites for hydroxylation is 2. The molecule has 4 aliphatic carbocycles. The molecule has 4 fully saturated rings. The molecule has 0 bridgehead atoms. The molecule has 1 unspecified atom stereocenters. The van der Waals surface area contributed by atoms with Crippen LogP contribution in [-0.2, 0) is 91.2 Å². The smallest absolute Gasteiger partial charge is 0.274 e. The first kappa shape index (κ1) is 115. The van der Waals surface area contributed by atoms with Crippen molar-refractivity contribution in [1.29, 1.82) is 0 Å². The predicted molar refractivity (Wildman–Crippen MR) is 527 cm³/mol. The number of carbonyl (C=O) groups is 18. The van der Waals surface area contributed by atoms with Crippen molar-refractivity contribution < 1.29 is 104 Å². The third-order valence-corrected chi connectivity index (χ3v) is 26.5. The summed E-state index contributed by atoms with van der Waals surface area (Å²) in [5.41, 5.74) is 2.68. The van der Waals surface area contributed by atoms with Gasteiger partial charge in [-0.1, -0.05) is 159 Å². The van der Waals surface area contributed by atoms with Crippen molar-refractivity contribution in [1.82, 2.24) is 52.2 Å². The molecule has 30 nitrogen and oxygen atoms in total. The topological polar surface area (TPSA) is 457 Å². The number of aldehydes is 4. The number of halogens is 2. The molecule has 766 valence electrons. The maximum Gasteiger partial charge on any atom is 0.274 e. The fraction of sp³-hybridized carbons (Fsp3) is 0.545. The largest absolute Gasteiger partial charge is 0.361 e. The summed E-state index contributed by atoms with van der Waals surface area (Å²) in [6.45, 7) is 20.9. The molecule has 0 aliphatic heterocycles. The lowest BCUT2D eigenvalue weighted by Gasteiger charge is -2.26. The lowest BCUT2D eigenvalue weighted by atomic mass is 9.83. The lowest BCUT2D eigenvalue weighted by Crippen LogP contribution is -2.46. The number of aromatic nitrogens is 4. The third kappa shape index (κ3) is 38.7. The number of carbonyl (C=O) groups excluding carboxylic acids is 18. The van der Waals surface area contributed by atoms with Gasteiger partial charge in [-0.15, -0.1) is 0 Å². The number of nitrogens with zero attached hydrogens (tertiary/aromatic N) is 4. The Balaban J connectivity index is 0.000000235. The Morgan fingerprint density at radius 2 is 0.754 bits per heavy atom. The maximum atomic E-state index is 13.9. The van der Waals surface area contributed by atoms with E-state index in [-0.39, 0.29) is 186 Å². The van der Waals surface area contributed by atoms with Crippen molar-refractivity contribution in [2.75, 3.05) is 0 Å². The average molecular weight is 1960 g/mol. The second kappa shape index (κ2) is 58.7. The van der Waals surface area contributed by atoms with Gasteiger partial charge in [0, 0.05) is 136 Å². The monoisotopic (exact) mass is 1960 g/mol. The molecule has 6 N–H and O–H groups in total. The Labute approximate surface area is 830 Å². The summed E-state index contributed by atoms with van der Waals surface area (Å²) in [5.74, 6) is -5.86. The van der Waals surface area contributed by atoms with Crippen LogP contribution in [0.25, 0.3) is 10.8 Å². The van der Waals surface area contributed by atoms with Gasteiger partial charge in [0.25, 0.3) is 11.8 Å². The number of rotatable bonds is 50. The van der Waals surface area contributed by atoms with Crippen LogP contribution in [0.5, 0.6) is 0 Å². The minimum absolute atomic E-state index is 0.00389. The standard InChI is InChI=1S/C34H41N3O6.C30H37FN4O5.C25H34FNO4.C21H30N2O5/c1-21(2)15-26(33(41)35-27(20-38)17-25-10-5-7-14-31(25)39)19-32(40)29(36-34(42)30-16-22(3)43-37-30)18-24-12-8-11-23-9-4-6-13-28(23)24;1-19(2)13-22(29(39)34-24(18-36)15-21-5-3-4-6-27(21)37)16-28(38)25(14-20-7-9-23(31)10-8-20)35-30(40)26-17-32-11-12-33-26;1-16(2)11-20(14-24(30)17(3)12-18-7-9-21(26)10-8-18)25(31)27-22(15-28)13-19-5-4-6-23(19)29;1-13(2)8-16(11-20(26)18-9-14(3)28-23-18)21(27)22-17(12-24)10-15-6-4-5-7-19(15)25/h4,6,8-9,11-13,16,20-21,25-27,29H,5,7,10,14-15,17-19H2,1-3H3,(H,35,41)(H,36,42);7-12,17-19,21-22,24-25H,3-6,13-16H2,1-2H3,(H,34,39)(H,35,40);7-10,15-17,19-20,22H,4-6,11-14H2,1-3H3,(H,27,31);9,12-13,15-17H,4-8,10-11H2,1-3H3,(H,22,27)/t25-,26+,27?,29-;21-,22+,24-,25-;17-,19-,20+,22-;15-,16+,17-/m0000/s1. The fourth-order valence-electron chi connectivity index (χ4n) is 19.0. The van der Waals surface area contributed by atoms with E-state index in [2.05, 4.69) is 52.2 Å².